The second kappa shape index (κ2) is 5.02. The van der Waals surface area contributed by atoms with Crippen molar-refractivity contribution in [2.45, 2.75) is 4.90 Å². The molecule has 102 valence electrons. The van der Waals surface area contributed by atoms with Crippen LogP contribution in [0.5, 0.6) is 0 Å². The molecule has 0 bridgehead atoms. The lowest BCUT2D eigenvalue weighted by Gasteiger charge is -2.07. The molecule has 0 aliphatic rings. The van der Waals surface area contributed by atoms with Crippen molar-refractivity contribution in [2.75, 3.05) is 10.5 Å². The Balaban J connectivity index is 2.45. The molecule has 1 aromatic carbocycles. The van der Waals surface area contributed by atoms with Crippen LogP contribution in [0.3, 0.4) is 0 Å². The lowest BCUT2D eigenvalue weighted by atomic mass is 10.3. The van der Waals surface area contributed by atoms with E-state index >= 15 is 0 Å². The third-order valence-electron chi connectivity index (χ3n) is 2.01. The van der Waals surface area contributed by atoms with Crippen LogP contribution >= 0.6 is 27.3 Å². The number of benzene rings is 1. The van der Waals surface area contributed by atoms with E-state index in [2.05, 4.69) is 20.9 Å². The molecule has 0 atom stereocenters. The van der Waals surface area contributed by atoms with Crippen molar-refractivity contribution in [1.29, 1.82) is 0 Å². The molecule has 0 radical (unpaired) electrons. The van der Waals surface area contributed by atoms with Crippen LogP contribution < -0.4 is 10.5 Å². The molecule has 2 rings (SSSR count). The van der Waals surface area contributed by atoms with E-state index < -0.39 is 26.6 Å². The summed E-state index contributed by atoms with van der Waals surface area (Å²) in [7, 11) is -4.29. The molecule has 0 amide bonds. The van der Waals surface area contributed by atoms with Gasteiger partial charge in [0.25, 0.3) is 10.0 Å². The molecule has 0 aliphatic heterocycles. The minimum atomic E-state index is -4.29. The average Bonchev–Trinajstić information content (AvgIpc) is 2.68. The van der Waals surface area contributed by atoms with Crippen molar-refractivity contribution >= 4 is 48.1 Å². The number of nitrogens with one attached hydrogen (secondary N) is 1. The van der Waals surface area contributed by atoms with Crippen molar-refractivity contribution in [2.24, 2.45) is 0 Å². The second-order valence-corrected chi connectivity index (χ2v) is 7.45. The molecule has 3 N–H and O–H groups in total. The first-order valence-electron chi connectivity index (χ1n) is 4.68. The highest BCUT2D eigenvalue weighted by atomic mass is 79.9. The molecule has 1 heterocycles. The quantitative estimate of drug-likeness (QED) is 0.814. The lowest BCUT2D eigenvalue weighted by molar-refractivity contribution is 0.486. The van der Waals surface area contributed by atoms with Crippen molar-refractivity contribution < 1.29 is 17.2 Å². The number of hydrogen-bond acceptors (Lipinski definition) is 5. The molecule has 0 saturated heterocycles. The number of sulfonamides is 1. The summed E-state index contributed by atoms with van der Waals surface area (Å²) in [5.74, 6) is -2.82. The third-order valence-corrected chi connectivity index (χ3v) is 4.86. The molecule has 0 unspecified atom stereocenters. The number of nitrogen functional groups attached to an aromatic ring is 1. The molecule has 19 heavy (non-hydrogen) atoms. The summed E-state index contributed by atoms with van der Waals surface area (Å²) < 4.78 is 53.1. The first-order chi connectivity index (χ1) is 8.79. The van der Waals surface area contributed by atoms with Gasteiger partial charge in [-0.1, -0.05) is 11.3 Å². The highest BCUT2D eigenvalue weighted by Gasteiger charge is 2.23. The molecular formula is C9H6BrF2N3O2S2. The minimum absolute atomic E-state index is 0.0223. The first-order valence-corrected chi connectivity index (χ1v) is 7.77. The standard InChI is InChI=1S/C9H6BrF2N3O2S2/c10-7-3-14-9(18-7)15-19(16,17)6-2-4(13)1-5(11)8(6)12/h1-3H,13H2,(H,14,15). The molecular weight excluding hydrogens is 364 g/mol. The Hall–Kier alpha value is -1.26. The van der Waals surface area contributed by atoms with Crippen LogP contribution in [-0.4, -0.2) is 13.4 Å². The van der Waals surface area contributed by atoms with Crippen LogP contribution in [0.25, 0.3) is 0 Å². The van der Waals surface area contributed by atoms with Crippen molar-refractivity contribution in [3.05, 3.63) is 33.8 Å². The number of nitrogens with two attached hydrogens (primary N) is 1. The predicted octanol–water partition coefficient (Wildman–Crippen LogP) is 2.57. The van der Waals surface area contributed by atoms with Crippen LogP contribution in [0.15, 0.2) is 27.0 Å². The average molecular weight is 370 g/mol. The van der Waals surface area contributed by atoms with Crippen molar-refractivity contribution in [3.63, 3.8) is 0 Å². The number of rotatable bonds is 3. The zero-order chi connectivity index (χ0) is 14.2. The highest BCUT2D eigenvalue weighted by molar-refractivity contribution is 9.11. The van der Waals surface area contributed by atoms with E-state index in [0.29, 0.717) is 9.85 Å². The third kappa shape index (κ3) is 3.01. The zero-order valence-electron chi connectivity index (χ0n) is 9.02. The Bertz CT molecular complexity index is 733. The van der Waals surface area contributed by atoms with Crippen LogP contribution in [0.4, 0.5) is 19.6 Å². The van der Waals surface area contributed by atoms with E-state index in [4.69, 9.17) is 5.73 Å². The molecule has 0 aliphatic carbocycles. The van der Waals surface area contributed by atoms with Crippen LogP contribution in [0.1, 0.15) is 0 Å². The maximum atomic E-state index is 13.5. The molecule has 2 aromatic rings. The first kappa shape index (κ1) is 14.2. The molecule has 5 nitrogen and oxygen atoms in total. The summed E-state index contributed by atoms with van der Waals surface area (Å²) in [6, 6.07) is 1.54. The van der Waals surface area contributed by atoms with Gasteiger partial charge in [0, 0.05) is 5.69 Å². The van der Waals surface area contributed by atoms with E-state index in [-0.39, 0.29) is 10.8 Å². The van der Waals surface area contributed by atoms with Gasteiger partial charge in [0.1, 0.15) is 4.90 Å². The Labute approximate surface area is 119 Å². The van der Waals surface area contributed by atoms with Crippen LogP contribution in [0, 0.1) is 11.6 Å². The summed E-state index contributed by atoms with van der Waals surface area (Å²) in [5.41, 5.74) is 5.11. The molecule has 0 spiro atoms. The van der Waals surface area contributed by atoms with E-state index in [1.54, 1.807) is 0 Å². The number of thiazole rings is 1. The number of hydrogen-bond donors (Lipinski definition) is 2. The topological polar surface area (TPSA) is 85.1 Å². The van der Waals surface area contributed by atoms with Gasteiger partial charge in [0.15, 0.2) is 16.8 Å². The summed E-state index contributed by atoms with van der Waals surface area (Å²) in [4.78, 5) is 2.87. The maximum Gasteiger partial charge on any atom is 0.266 e. The lowest BCUT2D eigenvalue weighted by Crippen LogP contribution is -2.15. The molecule has 1 aromatic heterocycles. The minimum Gasteiger partial charge on any atom is -0.399 e. The molecule has 0 fully saturated rings. The number of halogens is 3. The Morgan fingerprint density at radius 2 is 2.05 bits per heavy atom. The van der Waals surface area contributed by atoms with E-state index in [0.717, 1.165) is 17.4 Å². The van der Waals surface area contributed by atoms with Gasteiger partial charge in [0.2, 0.25) is 0 Å². The van der Waals surface area contributed by atoms with Gasteiger partial charge in [-0.05, 0) is 28.1 Å². The fourth-order valence-electron chi connectivity index (χ4n) is 1.25. The van der Waals surface area contributed by atoms with Gasteiger partial charge in [-0.3, -0.25) is 4.72 Å². The Morgan fingerprint density at radius 3 is 2.63 bits per heavy atom. The summed E-state index contributed by atoms with van der Waals surface area (Å²) in [6.07, 6.45) is 1.37. The summed E-state index contributed by atoms with van der Waals surface area (Å²) in [6.45, 7) is 0. The van der Waals surface area contributed by atoms with Gasteiger partial charge < -0.3 is 5.73 Å². The molecule has 0 saturated carbocycles. The van der Waals surface area contributed by atoms with Gasteiger partial charge >= 0.3 is 0 Å². The van der Waals surface area contributed by atoms with Crippen LogP contribution in [-0.2, 0) is 10.0 Å². The SMILES string of the molecule is Nc1cc(F)c(F)c(S(=O)(=O)Nc2ncc(Br)s2)c1. The Kier molecular flexibility index (Phi) is 3.74. The number of anilines is 2. The van der Waals surface area contributed by atoms with Crippen LogP contribution in [0.2, 0.25) is 0 Å². The molecule has 10 heteroatoms. The van der Waals surface area contributed by atoms with E-state index in [9.17, 15) is 17.2 Å². The predicted molar refractivity (Wildman–Crippen MR) is 71.4 cm³/mol. The fourth-order valence-corrected chi connectivity index (χ4v) is 3.72. The maximum absolute atomic E-state index is 13.5. The van der Waals surface area contributed by atoms with Gasteiger partial charge in [-0.15, -0.1) is 0 Å². The summed E-state index contributed by atoms with van der Waals surface area (Å²) in [5, 5.41) is 0.0223. The van der Waals surface area contributed by atoms with Gasteiger partial charge in [0.05, 0.1) is 9.98 Å². The fraction of sp³-hybridized carbons (Fsp3) is 0. The van der Waals surface area contributed by atoms with E-state index in [1.165, 1.54) is 6.20 Å². The second-order valence-electron chi connectivity index (χ2n) is 3.39. The van der Waals surface area contributed by atoms with Gasteiger partial charge in [-0.25, -0.2) is 22.2 Å². The van der Waals surface area contributed by atoms with E-state index in [1.807, 2.05) is 4.72 Å². The largest absolute Gasteiger partial charge is 0.399 e. The monoisotopic (exact) mass is 369 g/mol. The number of nitrogens with zero attached hydrogens (tertiary/aromatic N) is 1. The highest BCUT2D eigenvalue weighted by Crippen LogP contribution is 2.27. The zero-order valence-corrected chi connectivity index (χ0v) is 12.2. The van der Waals surface area contributed by atoms with Gasteiger partial charge in [-0.2, -0.15) is 0 Å². The number of aromatic nitrogens is 1. The van der Waals surface area contributed by atoms with Crippen molar-refractivity contribution in [3.8, 4) is 0 Å². The normalized spacial score (nSPS) is 11.5. The van der Waals surface area contributed by atoms with Crippen molar-refractivity contribution in [1.82, 2.24) is 4.98 Å². The Morgan fingerprint density at radius 1 is 1.37 bits per heavy atom. The smallest absolute Gasteiger partial charge is 0.266 e. The summed E-state index contributed by atoms with van der Waals surface area (Å²) >= 11 is 4.09.